The van der Waals surface area contributed by atoms with Crippen LogP contribution in [0.4, 0.5) is 18.9 Å². The van der Waals surface area contributed by atoms with Crippen LogP contribution in [0.25, 0.3) is 0 Å². The fourth-order valence-electron chi connectivity index (χ4n) is 1.55. The van der Waals surface area contributed by atoms with E-state index in [1.807, 2.05) is 0 Å². The average Bonchev–Trinajstić information content (AvgIpc) is 2.37. The van der Waals surface area contributed by atoms with Gasteiger partial charge in [-0.15, -0.1) is 0 Å². The van der Waals surface area contributed by atoms with Gasteiger partial charge in [0.15, 0.2) is 5.69 Å². The number of aromatic hydroxyl groups is 1. The lowest BCUT2D eigenvalue weighted by atomic mass is 10.1. The van der Waals surface area contributed by atoms with Crippen LogP contribution in [0.1, 0.15) is 11.1 Å². The summed E-state index contributed by atoms with van der Waals surface area (Å²) < 4.78 is 37.1. The highest BCUT2D eigenvalue weighted by atomic mass is 19.4. The highest BCUT2D eigenvalue weighted by molar-refractivity contribution is 5.49. The molecule has 8 heteroatoms. The SMILES string of the molecule is O=c1[nH]cnc(O)c1NCc1ccc(C(F)(F)F)cc1. The van der Waals surface area contributed by atoms with Crippen molar-refractivity contribution < 1.29 is 18.3 Å². The molecular formula is C12H10F3N3O2. The summed E-state index contributed by atoms with van der Waals surface area (Å²) in [6.45, 7) is 0.0838. The number of alkyl halides is 3. The number of nitrogens with zero attached hydrogens (tertiary/aromatic N) is 1. The van der Waals surface area contributed by atoms with Crippen molar-refractivity contribution in [3.8, 4) is 5.88 Å². The largest absolute Gasteiger partial charge is 0.492 e. The van der Waals surface area contributed by atoms with Gasteiger partial charge in [0.1, 0.15) is 0 Å². The lowest BCUT2D eigenvalue weighted by Crippen LogP contribution is -2.14. The van der Waals surface area contributed by atoms with E-state index in [4.69, 9.17) is 0 Å². The molecule has 2 aromatic rings. The first-order valence-corrected chi connectivity index (χ1v) is 5.54. The number of hydrogen-bond acceptors (Lipinski definition) is 4. The molecule has 0 atom stereocenters. The van der Waals surface area contributed by atoms with E-state index in [2.05, 4.69) is 15.3 Å². The van der Waals surface area contributed by atoms with Crippen LogP contribution < -0.4 is 10.9 Å². The summed E-state index contributed by atoms with van der Waals surface area (Å²) in [4.78, 5) is 17.1. The number of aromatic nitrogens is 2. The van der Waals surface area contributed by atoms with Crippen LogP contribution in [0.2, 0.25) is 0 Å². The van der Waals surface area contributed by atoms with Crippen LogP contribution in [0.3, 0.4) is 0 Å². The van der Waals surface area contributed by atoms with E-state index in [1.54, 1.807) is 0 Å². The molecule has 0 aliphatic heterocycles. The molecular weight excluding hydrogens is 275 g/mol. The Bertz CT molecular complexity index is 650. The van der Waals surface area contributed by atoms with Gasteiger partial charge in [0, 0.05) is 6.54 Å². The van der Waals surface area contributed by atoms with Crippen molar-refractivity contribution >= 4 is 5.69 Å². The third kappa shape index (κ3) is 3.08. The van der Waals surface area contributed by atoms with Crippen molar-refractivity contribution in [2.24, 2.45) is 0 Å². The molecule has 0 saturated carbocycles. The highest BCUT2D eigenvalue weighted by Gasteiger charge is 2.29. The topological polar surface area (TPSA) is 78.0 Å². The molecule has 0 fully saturated rings. The van der Waals surface area contributed by atoms with Gasteiger partial charge in [-0.1, -0.05) is 12.1 Å². The van der Waals surface area contributed by atoms with Crippen molar-refractivity contribution in [2.75, 3.05) is 5.32 Å². The van der Waals surface area contributed by atoms with Gasteiger partial charge in [0.25, 0.3) is 5.56 Å². The second kappa shape index (κ2) is 5.24. The molecule has 2 rings (SSSR count). The third-order valence-electron chi connectivity index (χ3n) is 2.58. The molecule has 0 radical (unpaired) electrons. The van der Waals surface area contributed by atoms with E-state index in [1.165, 1.54) is 12.1 Å². The Kier molecular flexibility index (Phi) is 3.64. The van der Waals surface area contributed by atoms with Crippen LogP contribution in [0.5, 0.6) is 5.88 Å². The number of halogens is 3. The zero-order valence-electron chi connectivity index (χ0n) is 10.0. The molecule has 0 aliphatic rings. The number of aromatic amines is 1. The second-order valence-corrected chi connectivity index (χ2v) is 3.98. The molecule has 0 amide bonds. The maximum absolute atomic E-state index is 12.4. The van der Waals surface area contributed by atoms with E-state index in [-0.39, 0.29) is 12.2 Å². The molecule has 0 aliphatic carbocycles. The van der Waals surface area contributed by atoms with Crippen molar-refractivity contribution in [1.82, 2.24) is 9.97 Å². The Morgan fingerprint density at radius 3 is 2.45 bits per heavy atom. The fraction of sp³-hybridized carbons (Fsp3) is 0.167. The Balaban J connectivity index is 2.10. The van der Waals surface area contributed by atoms with Gasteiger partial charge < -0.3 is 15.4 Å². The van der Waals surface area contributed by atoms with Gasteiger partial charge in [0.05, 0.1) is 11.9 Å². The average molecular weight is 285 g/mol. The first kappa shape index (κ1) is 13.9. The van der Waals surface area contributed by atoms with Gasteiger partial charge in [-0.3, -0.25) is 4.79 Å². The summed E-state index contributed by atoms with van der Waals surface area (Å²) in [5.41, 5.74) is -0.916. The normalized spacial score (nSPS) is 11.3. The fourth-order valence-corrected chi connectivity index (χ4v) is 1.55. The molecule has 1 heterocycles. The van der Waals surface area contributed by atoms with E-state index >= 15 is 0 Å². The standard InChI is InChI=1S/C12H10F3N3O2/c13-12(14,15)8-3-1-7(2-4-8)5-16-9-10(19)17-6-18-11(9)20/h1-4,6,16H,5H2,(H2,17,18,19,20). The quantitative estimate of drug-likeness (QED) is 0.807. The van der Waals surface area contributed by atoms with Crippen molar-refractivity contribution in [1.29, 1.82) is 0 Å². The molecule has 1 aromatic carbocycles. The molecule has 20 heavy (non-hydrogen) atoms. The van der Waals surface area contributed by atoms with Crippen LogP contribution in [0.15, 0.2) is 35.4 Å². The van der Waals surface area contributed by atoms with Crippen LogP contribution >= 0.6 is 0 Å². The van der Waals surface area contributed by atoms with E-state index in [0.29, 0.717) is 5.56 Å². The highest BCUT2D eigenvalue weighted by Crippen LogP contribution is 2.29. The molecule has 3 N–H and O–H groups in total. The minimum absolute atomic E-state index is 0.0838. The minimum Gasteiger partial charge on any atom is -0.492 e. The summed E-state index contributed by atoms with van der Waals surface area (Å²) in [5, 5.41) is 12.0. The first-order valence-electron chi connectivity index (χ1n) is 5.54. The van der Waals surface area contributed by atoms with Gasteiger partial charge in [-0.2, -0.15) is 13.2 Å². The summed E-state index contributed by atoms with van der Waals surface area (Å²) >= 11 is 0. The zero-order chi connectivity index (χ0) is 14.8. The monoisotopic (exact) mass is 285 g/mol. The maximum Gasteiger partial charge on any atom is 0.416 e. The first-order chi connectivity index (χ1) is 9.38. The Labute approximate surface area is 111 Å². The number of anilines is 1. The van der Waals surface area contributed by atoms with Crippen LogP contribution in [-0.2, 0) is 12.7 Å². The summed E-state index contributed by atoms with van der Waals surface area (Å²) in [5.74, 6) is -0.472. The van der Waals surface area contributed by atoms with Crippen molar-refractivity contribution in [3.63, 3.8) is 0 Å². The van der Waals surface area contributed by atoms with E-state index in [0.717, 1.165) is 18.5 Å². The smallest absolute Gasteiger partial charge is 0.416 e. The molecule has 5 nitrogen and oxygen atoms in total. The number of H-pyrrole nitrogens is 1. The predicted molar refractivity (Wildman–Crippen MR) is 65.3 cm³/mol. The van der Waals surface area contributed by atoms with E-state index < -0.39 is 23.2 Å². The van der Waals surface area contributed by atoms with Crippen molar-refractivity contribution in [3.05, 3.63) is 52.1 Å². The third-order valence-corrected chi connectivity index (χ3v) is 2.58. The number of benzene rings is 1. The number of nitrogens with one attached hydrogen (secondary N) is 2. The van der Waals surface area contributed by atoms with Crippen LogP contribution in [0, 0.1) is 0 Å². The summed E-state index contributed by atoms with van der Waals surface area (Å²) in [7, 11) is 0. The molecule has 0 spiro atoms. The lowest BCUT2D eigenvalue weighted by Gasteiger charge is -2.09. The Hall–Kier alpha value is -2.51. The van der Waals surface area contributed by atoms with Crippen LogP contribution in [-0.4, -0.2) is 15.1 Å². The zero-order valence-corrected chi connectivity index (χ0v) is 10.0. The number of hydrogen-bond donors (Lipinski definition) is 3. The maximum atomic E-state index is 12.4. The number of rotatable bonds is 3. The van der Waals surface area contributed by atoms with Crippen molar-refractivity contribution in [2.45, 2.75) is 12.7 Å². The van der Waals surface area contributed by atoms with Gasteiger partial charge in [-0.05, 0) is 17.7 Å². The van der Waals surface area contributed by atoms with Gasteiger partial charge in [-0.25, -0.2) is 4.98 Å². The lowest BCUT2D eigenvalue weighted by molar-refractivity contribution is -0.137. The second-order valence-electron chi connectivity index (χ2n) is 3.98. The predicted octanol–water partition coefficient (Wildman–Crippen LogP) is 2.11. The van der Waals surface area contributed by atoms with E-state index in [9.17, 15) is 23.1 Å². The molecule has 1 aromatic heterocycles. The molecule has 0 unspecified atom stereocenters. The minimum atomic E-state index is -4.38. The molecule has 106 valence electrons. The summed E-state index contributed by atoms with van der Waals surface area (Å²) in [6, 6.07) is 4.48. The van der Waals surface area contributed by atoms with Gasteiger partial charge in [0.2, 0.25) is 5.88 Å². The molecule has 0 saturated heterocycles. The molecule has 0 bridgehead atoms. The Morgan fingerprint density at radius 1 is 1.25 bits per heavy atom. The van der Waals surface area contributed by atoms with Gasteiger partial charge >= 0.3 is 6.18 Å². The summed E-state index contributed by atoms with van der Waals surface area (Å²) in [6.07, 6.45) is -3.34. The Morgan fingerprint density at radius 2 is 1.90 bits per heavy atom.